The van der Waals surface area contributed by atoms with Gasteiger partial charge in [-0.2, -0.15) is 0 Å². The van der Waals surface area contributed by atoms with Crippen LogP contribution in [0.15, 0.2) is 54.6 Å². The molecule has 0 aliphatic heterocycles. The summed E-state index contributed by atoms with van der Waals surface area (Å²) in [7, 11) is 0. The highest BCUT2D eigenvalue weighted by Crippen LogP contribution is 2.18. The summed E-state index contributed by atoms with van der Waals surface area (Å²) in [6.07, 6.45) is 0.856. The van der Waals surface area contributed by atoms with Gasteiger partial charge in [-0.3, -0.25) is 9.50 Å². The Labute approximate surface area is 87.7 Å². The lowest BCUT2D eigenvalue weighted by atomic mass is 10.0. The average Bonchev–Trinajstić information content (AvgIpc) is 2.30. The molecule has 0 saturated carbocycles. The van der Waals surface area contributed by atoms with Gasteiger partial charge in [-0.15, -0.1) is 0 Å². The average molecular weight is 202 g/mol. The number of aldehydes is 1. The van der Waals surface area contributed by atoms with Crippen molar-refractivity contribution in [3.63, 3.8) is 0 Å². The van der Waals surface area contributed by atoms with E-state index in [1.165, 1.54) is 5.56 Å². The molecule has 0 unspecified atom stereocenters. The first-order valence-electron chi connectivity index (χ1n) is 4.51. The van der Waals surface area contributed by atoms with E-state index in [0.717, 1.165) is 11.8 Å². The summed E-state index contributed by atoms with van der Waals surface area (Å²) in [4.78, 5) is 10.5. The van der Waals surface area contributed by atoms with Gasteiger partial charge in [-0.1, -0.05) is 54.6 Å². The summed E-state index contributed by atoms with van der Waals surface area (Å²) < 4.78 is 0. The van der Waals surface area contributed by atoms with Crippen LogP contribution in [-0.4, -0.2) is 6.29 Å². The molecule has 15 heavy (non-hydrogen) atoms. The molecule has 0 aliphatic rings. The minimum atomic E-state index is 0. The molecule has 0 radical (unpaired) electrons. The van der Waals surface area contributed by atoms with Crippen LogP contribution in [0.5, 0.6) is 0 Å². The molecule has 0 heterocycles. The van der Waals surface area contributed by atoms with Crippen molar-refractivity contribution in [1.29, 1.82) is 0 Å². The van der Waals surface area contributed by atoms with Gasteiger partial charge in [0.1, 0.15) is 6.29 Å². The van der Waals surface area contributed by atoms with Gasteiger partial charge in [0, 0.05) is 5.56 Å². The van der Waals surface area contributed by atoms with E-state index in [9.17, 15) is 4.79 Å². The Bertz CT molecular complexity index is 420. The molecule has 0 spiro atoms. The molecule has 2 rings (SSSR count). The highest BCUT2D eigenvalue weighted by molar-refractivity contribution is 5.76. The lowest BCUT2D eigenvalue weighted by Gasteiger charge is -2.00. The number of rotatable bonds is 2. The van der Waals surface area contributed by atoms with Crippen LogP contribution >= 0.6 is 0 Å². The van der Waals surface area contributed by atoms with Crippen LogP contribution in [0.1, 0.15) is 10.4 Å². The third-order valence-corrected chi connectivity index (χ3v) is 2.15. The molecule has 0 bridgehead atoms. The second-order valence-electron chi connectivity index (χ2n) is 3.11. The van der Waals surface area contributed by atoms with Gasteiger partial charge in [-0.25, -0.2) is 0 Å². The summed E-state index contributed by atoms with van der Waals surface area (Å²) in [5, 5.41) is 0. The van der Waals surface area contributed by atoms with E-state index in [1.54, 1.807) is 0 Å². The van der Waals surface area contributed by atoms with Gasteiger partial charge in [0.2, 0.25) is 0 Å². The standard InChI is InChI=1S/C13H10O.FH/c14-10-11-6-8-13(9-7-11)12-4-2-1-3-5-12;/h1-10H;1H. The number of hydrogen-bond donors (Lipinski definition) is 0. The molecule has 76 valence electrons. The van der Waals surface area contributed by atoms with Crippen LogP contribution in [-0.2, 0) is 0 Å². The van der Waals surface area contributed by atoms with E-state index < -0.39 is 0 Å². The van der Waals surface area contributed by atoms with Gasteiger partial charge >= 0.3 is 0 Å². The van der Waals surface area contributed by atoms with Crippen LogP contribution in [0.4, 0.5) is 4.70 Å². The van der Waals surface area contributed by atoms with Crippen LogP contribution in [0, 0.1) is 0 Å². The zero-order valence-electron chi connectivity index (χ0n) is 8.09. The fourth-order valence-corrected chi connectivity index (χ4v) is 1.38. The first-order chi connectivity index (χ1) is 6.90. The molecule has 0 aliphatic carbocycles. The van der Waals surface area contributed by atoms with E-state index in [1.807, 2.05) is 42.5 Å². The van der Waals surface area contributed by atoms with E-state index in [4.69, 9.17) is 0 Å². The van der Waals surface area contributed by atoms with Crippen molar-refractivity contribution in [2.75, 3.05) is 0 Å². The minimum absolute atomic E-state index is 0. The Morgan fingerprint density at radius 1 is 0.733 bits per heavy atom. The van der Waals surface area contributed by atoms with Crippen molar-refractivity contribution in [2.45, 2.75) is 0 Å². The van der Waals surface area contributed by atoms with Crippen molar-refractivity contribution < 1.29 is 9.50 Å². The Morgan fingerprint density at radius 3 is 1.80 bits per heavy atom. The van der Waals surface area contributed by atoms with Gasteiger partial charge in [0.05, 0.1) is 0 Å². The van der Waals surface area contributed by atoms with Crippen molar-refractivity contribution in [3.8, 4) is 11.1 Å². The zero-order valence-corrected chi connectivity index (χ0v) is 8.09. The highest BCUT2D eigenvalue weighted by atomic mass is 19.0. The summed E-state index contributed by atoms with van der Waals surface area (Å²) in [6.45, 7) is 0. The summed E-state index contributed by atoms with van der Waals surface area (Å²) in [5.41, 5.74) is 3.02. The third-order valence-electron chi connectivity index (χ3n) is 2.15. The van der Waals surface area contributed by atoms with Crippen molar-refractivity contribution in [1.82, 2.24) is 0 Å². The molecule has 2 aromatic carbocycles. The highest BCUT2D eigenvalue weighted by Gasteiger charge is 1.95. The molecule has 0 N–H and O–H groups in total. The molecule has 0 atom stereocenters. The normalized spacial score (nSPS) is 9.07. The fourth-order valence-electron chi connectivity index (χ4n) is 1.38. The number of halogens is 1. The molecule has 0 fully saturated rings. The maximum absolute atomic E-state index is 10.5. The topological polar surface area (TPSA) is 17.1 Å². The first kappa shape index (κ1) is 11.1. The van der Waals surface area contributed by atoms with Gasteiger partial charge in [0.25, 0.3) is 0 Å². The zero-order chi connectivity index (χ0) is 9.80. The Morgan fingerprint density at radius 2 is 1.27 bits per heavy atom. The van der Waals surface area contributed by atoms with Crippen molar-refractivity contribution in [2.24, 2.45) is 0 Å². The monoisotopic (exact) mass is 202 g/mol. The molecule has 2 aromatic rings. The van der Waals surface area contributed by atoms with Crippen molar-refractivity contribution >= 4 is 6.29 Å². The number of carbonyl (C=O) groups excluding carboxylic acids is 1. The van der Waals surface area contributed by atoms with Crippen molar-refractivity contribution in [3.05, 3.63) is 60.2 Å². The summed E-state index contributed by atoms with van der Waals surface area (Å²) in [6, 6.07) is 17.7. The number of hydrogen-bond acceptors (Lipinski definition) is 1. The lowest BCUT2D eigenvalue weighted by Crippen LogP contribution is -1.80. The maximum atomic E-state index is 10.5. The quantitative estimate of drug-likeness (QED) is 0.683. The van der Waals surface area contributed by atoms with Gasteiger partial charge in [-0.05, 0) is 11.1 Å². The molecule has 0 amide bonds. The van der Waals surface area contributed by atoms with E-state index >= 15 is 0 Å². The van der Waals surface area contributed by atoms with E-state index in [0.29, 0.717) is 5.56 Å². The maximum Gasteiger partial charge on any atom is 0.150 e. The molecule has 0 aromatic heterocycles. The molecule has 1 nitrogen and oxygen atoms in total. The van der Waals surface area contributed by atoms with E-state index in [2.05, 4.69) is 12.1 Å². The predicted octanol–water partition coefficient (Wildman–Crippen LogP) is 3.32. The summed E-state index contributed by atoms with van der Waals surface area (Å²) >= 11 is 0. The van der Waals surface area contributed by atoms with Crippen LogP contribution in [0.25, 0.3) is 11.1 Å². The first-order valence-corrected chi connectivity index (χ1v) is 4.51. The second-order valence-corrected chi connectivity index (χ2v) is 3.11. The summed E-state index contributed by atoms with van der Waals surface area (Å²) in [5.74, 6) is 0. The Kier molecular flexibility index (Phi) is 3.75. The predicted molar refractivity (Wildman–Crippen MR) is 59.8 cm³/mol. The molecule has 0 saturated heterocycles. The SMILES string of the molecule is F.O=Cc1ccc(-c2ccccc2)cc1. The fraction of sp³-hybridized carbons (Fsp3) is 0. The van der Waals surface area contributed by atoms with Gasteiger partial charge in [0.15, 0.2) is 0 Å². The number of benzene rings is 2. The molecule has 2 heteroatoms. The third kappa shape index (κ3) is 2.50. The van der Waals surface area contributed by atoms with Crippen LogP contribution in [0.3, 0.4) is 0 Å². The Hall–Kier alpha value is -1.96. The van der Waals surface area contributed by atoms with Crippen LogP contribution < -0.4 is 0 Å². The lowest BCUT2D eigenvalue weighted by molar-refractivity contribution is 0.112. The van der Waals surface area contributed by atoms with Crippen LogP contribution in [0.2, 0.25) is 0 Å². The smallest absolute Gasteiger partial charge is 0.150 e. The Balaban J connectivity index is 0.00000112. The minimum Gasteiger partial charge on any atom is -0.298 e. The second kappa shape index (κ2) is 5.05. The molecular formula is C13H11FO. The largest absolute Gasteiger partial charge is 0.298 e. The molecular weight excluding hydrogens is 191 g/mol. The van der Waals surface area contributed by atoms with Gasteiger partial charge < -0.3 is 0 Å². The number of carbonyl (C=O) groups is 1. The van der Waals surface area contributed by atoms with E-state index in [-0.39, 0.29) is 4.70 Å².